The van der Waals surface area contributed by atoms with Gasteiger partial charge in [0, 0.05) is 12.7 Å². The highest BCUT2D eigenvalue weighted by Crippen LogP contribution is 2.33. The van der Waals surface area contributed by atoms with Crippen LogP contribution in [0.5, 0.6) is 5.75 Å². The van der Waals surface area contributed by atoms with E-state index in [0.29, 0.717) is 21.8 Å². The Kier molecular flexibility index (Phi) is 4.45. The molecule has 0 saturated heterocycles. The lowest BCUT2D eigenvalue weighted by molar-refractivity contribution is -0.0306. The van der Waals surface area contributed by atoms with E-state index in [0.717, 1.165) is 12.8 Å². The summed E-state index contributed by atoms with van der Waals surface area (Å²) in [5, 5.41) is 13.7. The predicted molar refractivity (Wildman–Crippen MR) is 78.4 cm³/mol. The second-order valence-electron chi connectivity index (χ2n) is 4.49. The third kappa shape index (κ3) is 2.58. The second-order valence-corrected chi connectivity index (χ2v) is 5.35. The van der Waals surface area contributed by atoms with Crippen molar-refractivity contribution < 1.29 is 14.4 Å². The maximum absolute atomic E-state index is 9.71. The van der Waals surface area contributed by atoms with Gasteiger partial charge in [-0.15, -0.1) is 0 Å². The number of hydrogen-bond donors (Lipinski definition) is 1. The number of rotatable bonds is 5. The fourth-order valence-corrected chi connectivity index (χ4v) is 2.36. The number of ether oxygens (including phenoxy) is 1. The number of phenols is 1. The van der Waals surface area contributed by atoms with Gasteiger partial charge in [0.15, 0.2) is 0 Å². The van der Waals surface area contributed by atoms with Gasteiger partial charge in [-0.05, 0) is 47.0 Å². The maximum atomic E-state index is 9.71. The van der Waals surface area contributed by atoms with Gasteiger partial charge in [-0.3, -0.25) is 0 Å². The molecule has 108 valence electrons. The molecule has 0 aliphatic carbocycles. The van der Waals surface area contributed by atoms with Crippen molar-refractivity contribution in [3.05, 3.63) is 28.5 Å². The van der Waals surface area contributed by atoms with Gasteiger partial charge in [0.05, 0.1) is 4.47 Å². The lowest BCUT2D eigenvalue weighted by atomic mass is 9.96. The zero-order chi connectivity index (χ0) is 14.8. The molecule has 0 bridgehead atoms. The Hall–Kier alpha value is -1.40. The van der Waals surface area contributed by atoms with Crippen LogP contribution in [0.1, 0.15) is 32.5 Å². The summed E-state index contributed by atoms with van der Waals surface area (Å²) in [6.45, 7) is 4.04. The molecular weight excluding hydrogens is 324 g/mol. The summed E-state index contributed by atoms with van der Waals surface area (Å²) in [7, 11) is 1.65. The van der Waals surface area contributed by atoms with Crippen molar-refractivity contribution in [3.63, 3.8) is 0 Å². The fraction of sp³-hybridized carbons (Fsp3) is 0.429. The average molecular weight is 341 g/mol. The van der Waals surface area contributed by atoms with Crippen molar-refractivity contribution in [2.45, 2.75) is 32.3 Å². The molecule has 0 amide bonds. The van der Waals surface area contributed by atoms with Gasteiger partial charge in [-0.1, -0.05) is 19.0 Å². The van der Waals surface area contributed by atoms with Crippen molar-refractivity contribution in [3.8, 4) is 17.2 Å². The van der Waals surface area contributed by atoms with Crippen LogP contribution in [0.25, 0.3) is 11.5 Å². The van der Waals surface area contributed by atoms with E-state index >= 15 is 0 Å². The molecule has 0 aliphatic rings. The summed E-state index contributed by atoms with van der Waals surface area (Å²) in [6.07, 6.45) is 1.51. The van der Waals surface area contributed by atoms with Crippen LogP contribution < -0.4 is 0 Å². The van der Waals surface area contributed by atoms with Crippen molar-refractivity contribution in [1.82, 2.24) is 10.1 Å². The lowest BCUT2D eigenvalue weighted by Gasteiger charge is -2.25. The van der Waals surface area contributed by atoms with E-state index in [9.17, 15) is 5.11 Å². The highest BCUT2D eigenvalue weighted by atomic mass is 79.9. The monoisotopic (exact) mass is 340 g/mol. The molecule has 5 nitrogen and oxygen atoms in total. The van der Waals surface area contributed by atoms with Crippen molar-refractivity contribution in [1.29, 1.82) is 0 Å². The summed E-state index contributed by atoms with van der Waals surface area (Å²) in [4.78, 5) is 4.41. The highest BCUT2D eigenvalue weighted by Gasteiger charge is 2.33. The van der Waals surface area contributed by atoms with Gasteiger partial charge in [0.1, 0.15) is 11.4 Å². The number of aromatic nitrogens is 2. The zero-order valence-corrected chi connectivity index (χ0v) is 13.3. The first-order valence-electron chi connectivity index (χ1n) is 6.44. The summed E-state index contributed by atoms with van der Waals surface area (Å²) in [5.41, 5.74) is 0.140. The topological polar surface area (TPSA) is 68.4 Å². The van der Waals surface area contributed by atoms with Gasteiger partial charge in [0.25, 0.3) is 5.89 Å². The number of hydrogen-bond acceptors (Lipinski definition) is 5. The number of halogens is 1. The number of phenolic OH excluding ortho intramolecular Hbond substituents is 1. The predicted octanol–water partition coefficient (Wildman–Crippen LogP) is 3.87. The smallest absolute Gasteiger partial charge is 0.258 e. The molecule has 1 N–H and O–H groups in total. The van der Waals surface area contributed by atoms with E-state index in [1.54, 1.807) is 25.3 Å². The van der Waals surface area contributed by atoms with E-state index in [1.807, 2.05) is 13.8 Å². The van der Waals surface area contributed by atoms with Crippen molar-refractivity contribution >= 4 is 15.9 Å². The molecular formula is C14H17BrN2O3. The average Bonchev–Trinajstić information content (AvgIpc) is 2.95. The molecule has 0 spiro atoms. The molecule has 20 heavy (non-hydrogen) atoms. The standard InChI is InChI=1S/C14H17BrN2O3/c1-4-14(5-2,19-3)13-16-12(20-17-13)9-6-7-10(15)11(18)8-9/h6-8,18H,4-5H2,1-3H3. The SMILES string of the molecule is CCC(CC)(OC)c1noc(-c2ccc(Br)c(O)c2)n1. The van der Waals surface area contributed by atoms with Crippen LogP contribution in [0.4, 0.5) is 0 Å². The van der Waals surface area contributed by atoms with Crippen LogP contribution in [0.3, 0.4) is 0 Å². The van der Waals surface area contributed by atoms with Crippen molar-refractivity contribution in [2.24, 2.45) is 0 Å². The molecule has 1 aromatic carbocycles. The molecule has 2 rings (SSSR count). The Balaban J connectivity index is 2.39. The van der Waals surface area contributed by atoms with Crippen LogP contribution in [0.2, 0.25) is 0 Å². The summed E-state index contributed by atoms with van der Waals surface area (Å²) < 4.78 is 11.5. The zero-order valence-electron chi connectivity index (χ0n) is 11.7. The molecule has 0 radical (unpaired) electrons. The number of nitrogens with zero attached hydrogens (tertiary/aromatic N) is 2. The van der Waals surface area contributed by atoms with Gasteiger partial charge in [-0.25, -0.2) is 0 Å². The minimum atomic E-state index is -0.529. The van der Waals surface area contributed by atoms with Gasteiger partial charge < -0.3 is 14.4 Å². The first-order chi connectivity index (χ1) is 9.56. The Morgan fingerprint density at radius 3 is 2.60 bits per heavy atom. The molecule has 0 saturated carbocycles. The fourth-order valence-electron chi connectivity index (χ4n) is 2.12. The Bertz CT molecular complexity index is 586. The summed E-state index contributed by atoms with van der Waals surface area (Å²) >= 11 is 3.24. The van der Waals surface area contributed by atoms with E-state index in [4.69, 9.17) is 9.26 Å². The van der Waals surface area contributed by atoms with Gasteiger partial charge in [-0.2, -0.15) is 4.98 Å². The molecule has 0 unspecified atom stereocenters. The summed E-state index contributed by atoms with van der Waals surface area (Å²) in [6, 6.07) is 5.11. The van der Waals surface area contributed by atoms with Crippen LogP contribution in [-0.4, -0.2) is 22.4 Å². The van der Waals surface area contributed by atoms with E-state index in [-0.39, 0.29) is 5.75 Å². The van der Waals surface area contributed by atoms with Gasteiger partial charge >= 0.3 is 0 Å². The Labute approximate surface area is 126 Å². The van der Waals surface area contributed by atoms with E-state index < -0.39 is 5.60 Å². The first kappa shape index (κ1) is 15.0. The molecule has 0 atom stereocenters. The maximum Gasteiger partial charge on any atom is 0.258 e. The minimum absolute atomic E-state index is 0.131. The highest BCUT2D eigenvalue weighted by molar-refractivity contribution is 9.10. The molecule has 2 aromatic rings. The lowest BCUT2D eigenvalue weighted by Crippen LogP contribution is -2.28. The van der Waals surface area contributed by atoms with E-state index in [2.05, 4.69) is 26.1 Å². The molecule has 0 aliphatic heterocycles. The molecule has 1 aromatic heterocycles. The third-order valence-electron chi connectivity index (χ3n) is 3.56. The number of benzene rings is 1. The minimum Gasteiger partial charge on any atom is -0.507 e. The first-order valence-corrected chi connectivity index (χ1v) is 7.23. The van der Waals surface area contributed by atoms with Crippen LogP contribution in [0, 0.1) is 0 Å². The number of aromatic hydroxyl groups is 1. The van der Waals surface area contributed by atoms with Gasteiger partial charge in [0.2, 0.25) is 5.82 Å². The largest absolute Gasteiger partial charge is 0.507 e. The molecule has 6 heteroatoms. The van der Waals surface area contributed by atoms with E-state index in [1.165, 1.54) is 0 Å². The van der Waals surface area contributed by atoms with Crippen LogP contribution in [-0.2, 0) is 10.3 Å². The third-order valence-corrected chi connectivity index (χ3v) is 4.23. The van der Waals surface area contributed by atoms with Crippen LogP contribution in [0.15, 0.2) is 27.2 Å². The van der Waals surface area contributed by atoms with Crippen molar-refractivity contribution in [2.75, 3.05) is 7.11 Å². The molecule has 0 fully saturated rings. The Morgan fingerprint density at radius 2 is 2.05 bits per heavy atom. The number of methoxy groups -OCH3 is 1. The van der Waals surface area contributed by atoms with Crippen LogP contribution >= 0.6 is 15.9 Å². The molecule has 1 heterocycles. The quantitative estimate of drug-likeness (QED) is 0.894. The normalized spacial score (nSPS) is 11.8. The second kappa shape index (κ2) is 5.93. The Morgan fingerprint density at radius 1 is 1.35 bits per heavy atom. The summed E-state index contributed by atoms with van der Waals surface area (Å²) in [5.74, 6) is 1.03.